The molecule has 0 saturated heterocycles. The van der Waals surface area contributed by atoms with Gasteiger partial charge in [-0.2, -0.15) is 5.10 Å². The summed E-state index contributed by atoms with van der Waals surface area (Å²) in [6.07, 6.45) is 2.51. The van der Waals surface area contributed by atoms with Gasteiger partial charge in [0.05, 0.1) is 10.0 Å². The molecule has 0 aliphatic heterocycles. The molecule has 0 bridgehead atoms. The van der Waals surface area contributed by atoms with Gasteiger partial charge in [0.1, 0.15) is 6.33 Å². The molecule has 0 unspecified atom stereocenters. The van der Waals surface area contributed by atoms with Crippen LogP contribution in [0, 0.1) is 0 Å². The second kappa shape index (κ2) is 6.18. The molecule has 1 N–H and O–H groups in total. The summed E-state index contributed by atoms with van der Waals surface area (Å²) < 4.78 is 1.70. The summed E-state index contributed by atoms with van der Waals surface area (Å²) in [5.41, 5.74) is 1.11. The first-order chi connectivity index (χ1) is 8.65. The Morgan fingerprint density at radius 2 is 2.11 bits per heavy atom. The van der Waals surface area contributed by atoms with E-state index >= 15 is 0 Å². The van der Waals surface area contributed by atoms with Crippen LogP contribution in [0.15, 0.2) is 24.5 Å². The molecule has 0 saturated carbocycles. The highest BCUT2D eigenvalue weighted by Gasteiger charge is 2.00. The van der Waals surface area contributed by atoms with E-state index in [1.807, 2.05) is 19.2 Å². The Morgan fingerprint density at radius 1 is 1.28 bits per heavy atom. The molecule has 0 aliphatic rings. The normalized spacial score (nSPS) is 10.8. The van der Waals surface area contributed by atoms with Crippen LogP contribution in [-0.4, -0.2) is 21.3 Å². The Morgan fingerprint density at radius 3 is 2.78 bits per heavy atom. The Hall–Kier alpha value is -1.10. The van der Waals surface area contributed by atoms with Gasteiger partial charge in [0, 0.05) is 26.6 Å². The van der Waals surface area contributed by atoms with Gasteiger partial charge in [-0.05, 0) is 17.7 Å². The molecule has 1 heterocycles. The number of aryl methyl sites for hydroxylation is 1. The maximum Gasteiger partial charge on any atom is 0.151 e. The van der Waals surface area contributed by atoms with Crippen LogP contribution in [-0.2, 0) is 20.0 Å². The van der Waals surface area contributed by atoms with Gasteiger partial charge in [-0.15, -0.1) is 0 Å². The molecular weight excluding hydrogens is 271 g/mol. The summed E-state index contributed by atoms with van der Waals surface area (Å²) in [5.74, 6) is 0.846. The van der Waals surface area contributed by atoms with E-state index in [1.165, 1.54) is 0 Å². The van der Waals surface area contributed by atoms with Gasteiger partial charge in [0.2, 0.25) is 0 Å². The molecule has 0 aliphatic carbocycles. The van der Waals surface area contributed by atoms with Crippen molar-refractivity contribution in [1.82, 2.24) is 20.1 Å². The van der Waals surface area contributed by atoms with E-state index in [-0.39, 0.29) is 0 Å². The lowest BCUT2D eigenvalue weighted by atomic mass is 10.2. The molecule has 1 aromatic carbocycles. The fraction of sp³-hybridized carbons (Fsp3) is 0.333. The number of aromatic nitrogens is 3. The SMILES string of the molecule is Cn1cnc(CCNCc2ccc(Cl)c(Cl)c2)n1. The van der Waals surface area contributed by atoms with Crippen molar-refractivity contribution in [1.29, 1.82) is 0 Å². The van der Waals surface area contributed by atoms with Gasteiger partial charge < -0.3 is 5.32 Å². The maximum atomic E-state index is 5.94. The Labute approximate surface area is 116 Å². The largest absolute Gasteiger partial charge is 0.312 e. The molecule has 0 amide bonds. The van der Waals surface area contributed by atoms with Crippen LogP contribution in [0.1, 0.15) is 11.4 Å². The van der Waals surface area contributed by atoms with Gasteiger partial charge in [-0.3, -0.25) is 4.68 Å². The highest BCUT2D eigenvalue weighted by Crippen LogP contribution is 2.22. The fourth-order valence-corrected chi connectivity index (χ4v) is 1.90. The molecule has 0 spiro atoms. The summed E-state index contributed by atoms with van der Waals surface area (Å²) in [6, 6.07) is 5.64. The highest BCUT2D eigenvalue weighted by molar-refractivity contribution is 6.42. The summed E-state index contributed by atoms with van der Waals surface area (Å²) >= 11 is 11.8. The number of benzene rings is 1. The standard InChI is InChI=1S/C12H14Cl2N4/c1-18-8-16-12(17-18)4-5-15-7-9-2-3-10(13)11(14)6-9/h2-3,6,8,15H,4-5,7H2,1H3. The third-order valence-electron chi connectivity index (χ3n) is 2.49. The molecule has 0 atom stereocenters. The predicted octanol–water partition coefficient (Wildman–Crippen LogP) is 2.45. The second-order valence-corrected chi connectivity index (χ2v) is 4.82. The molecule has 0 fully saturated rings. The van der Waals surface area contributed by atoms with Gasteiger partial charge >= 0.3 is 0 Å². The van der Waals surface area contributed by atoms with Gasteiger partial charge in [-0.1, -0.05) is 29.3 Å². The van der Waals surface area contributed by atoms with Crippen molar-refractivity contribution in [3.8, 4) is 0 Å². The molecule has 0 radical (unpaired) electrons. The molecule has 1 aromatic heterocycles. The third-order valence-corrected chi connectivity index (χ3v) is 3.22. The van der Waals surface area contributed by atoms with Crippen molar-refractivity contribution in [3.05, 3.63) is 46.0 Å². The minimum absolute atomic E-state index is 0.582. The minimum Gasteiger partial charge on any atom is -0.312 e. The lowest BCUT2D eigenvalue weighted by Gasteiger charge is -2.04. The first-order valence-corrected chi connectivity index (χ1v) is 6.40. The first-order valence-electron chi connectivity index (χ1n) is 5.64. The number of nitrogens with zero attached hydrogens (tertiary/aromatic N) is 3. The van der Waals surface area contributed by atoms with E-state index in [0.717, 1.165) is 30.9 Å². The second-order valence-electron chi connectivity index (χ2n) is 4.01. The smallest absolute Gasteiger partial charge is 0.151 e. The minimum atomic E-state index is 0.582. The van der Waals surface area contributed by atoms with Crippen molar-refractivity contribution >= 4 is 23.2 Å². The number of rotatable bonds is 5. The molecule has 4 nitrogen and oxygen atoms in total. The van der Waals surface area contributed by atoms with Gasteiger partial charge in [-0.25, -0.2) is 4.98 Å². The van der Waals surface area contributed by atoms with Crippen LogP contribution in [0.5, 0.6) is 0 Å². The zero-order valence-electron chi connectivity index (χ0n) is 10.0. The highest BCUT2D eigenvalue weighted by atomic mass is 35.5. The van der Waals surface area contributed by atoms with Crippen molar-refractivity contribution in [2.75, 3.05) is 6.54 Å². The average molecular weight is 285 g/mol. The summed E-state index contributed by atoms with van der Waals surface area (Å²) in [4.78, 5) is 4.16. The lowest BCUT2D eigenvalue weighted by Crippen LogP contribution is -2.17. The van der Waals surface area contributed by atoms with Crippen LogP contribution >= 0.6 is 23.2 Å². The number of hydrogen-bond donors (Lipinski definition) is 1. The topological polar surface area (TPSA) is 42.7 Å². The monoisotopic (exact) mass is 284 g/mol. The summed E-state index contributed by atoms with van der Waals surface area (Å²) in [7, 11) is 1.86. The number of halogens is 2. The molecular formula is C12H14Cl2N4. The van der Waals surface area contributed by atoms with Crippen molar-refractivity contribution in [3.63, 3.8) is 0 Å². The van der Waals surface area contributed by atoms with Crippen molar-refractivity contribution in [2.45, 2.75) is 13.0 Å². The van der Waals surface area contributed by atoms with E-state index in [2.05, 4.69) is 15.4 Å². The van der Waals surface area contributed by atoms with E-state index in [9.17, 15) is 0 Å². The lowest BCUT2D eigenvalue weighted by molar-refractivity contribution is 0.661. The summed E-state index contributed by atoms with van der Waals surface area (Å²) in [6.45, 7) is 1.58. The summed E-state index contributed by atoms with van der Waals surface area (Å²) in [5, 5.41) is 8.69. The zero-order valence-corrected chi connectivity index (χ0v) is 11.5. The molecule has 2 rings (SSSR count). The van der Waals surface area contributed by atoms with Gasteiger partial charge in [0.25, 0.3) is 0 Å². The molecule has 96 valence electrons. The average Bonchev–Trinajstić information content (AvgIpc) is 2.75. The van der Waals surface area contributed by atoms with Crippen LogP contribution < -0.4 is 5.32 Å². The molecule has 18 heavy (non-hydrogen) atoms. The van der Waals surface area contributed by atoms with E-state index < -0.39 is 0 Å². The van der Waals surface area contributed by atoms with Crippen molar-refractivity contribution in [2.24, 2.45) is 7.05 Å². The quantitative estimate of drug-likeness (QED) is 0.858. The Bertz CT molecular complexity index is 525. The number of nitrogens with one attached hydrogen (secondary N) is 1. The van der Waals surface area contributed by atoms with Crippen LogP contribution in [0.2, 0.25) is 10.0 Å². The molecule has 6 heteroatoms. The zero-order chi connectivity index (χ0) is 13.0. The van der Waals surface area contributed by atoms with Crippen LogP contribution in [0.25, 0.3) is 0 Å². The first kappa shape index (κ1) is 13.3. The van der Waals surface area contributed by atoms with Gasteiger partial charge in [0.15, 0.2) is 5.82 Å². The van der Waals surface area contributed by atoms with E-state index in [1.54, 1.807) is 17.1 Å². The van der Waals surface area contributed by atoms with E-state index in [4.69, 9.17) is 23.2 Å². The maximum absolute atomic E-state index is 5.94. The predicted molar refractivity (Wildman–Crippen MR) is 72.9 cm³/mol. The third kappa shape index (κ3) is 3.70. The van der Waals surface area contributed by atoms with Crippen molar-refractivity contribution < 1.29 is 0 Å². The Balaban J connectivity index is 1.76. The fourth-order valence-electron chi connectivity index (χ4n) is 1.58. The Kier molecular flexibility index (Phi) is 4.58. The molecule has 2 aromatic rings. The van der Waals surface area contributed by atoms with Crippen LogP contribution in [0.4, 0.5) is 0 Å². The van der Waals surface area contributed by atoms with E-state index in [0.29, 0.717) is 10.0 Å². The van der Waals surface area contributed by atoms with Crippen LogP contribution in [0.3, 0.4) is 0 Å². The number of hydrogen-bond acceptors (Lipinski definition) is 3.